The standard InChI is InChI=1S/C10H16N2O/c1-2-11-7-8-13-9-10-3-5-12-6-4-10/h3-6,11H,2,7-9H2,1H3. The highest BCUT2D eigenvalue weighted by Crippen LogP contribution is 1.97. The van der Waals surface area contributed by atoms with Gasteiger partial charge in [-0.25, -0.2) is 0 Å². The molecule has 1 heterocycles. The summed E-state index contributed by atoms with van der Waals surface area (Å²) in [6.45, 7) is 5.44. The zero-order valence-corrected chi connectivity index (χ0v) is 7.99. The molecule has 3 heteroatoms. The predicted octanol–water partition coefficient (Wildman–Crippen LogP) is 1.21. The fourth-order valence-electron chi connectivity index (χ4n) is 0.990. The summed E-state index contributed by atoms with van der Waals surface area (Å²) in [5.41, 5.74) is 1.17. The van der Waals surface area contributed by atoms with Gasteiger partial charge in [-0.15, -0.1) is 0 Å². The van der Waals surface area contributed by atoms with E-state index >= 15 is 0 Å². The third-order valence-electron chi connectivity index (χ3n) is 1.69. The van der Waals surface area contributed by atoms with Gasteiger partial charge in [0, 0.05) is 18.9 Å². The van der Waals surface area contributed by atoms with E-state index in [1.165, 1.54) is 5.56 Å². The van der Waals surface area contributed by atoms with E-state index in [4.69, 9.17) is 4.74 Å². The molecular formula is C10H16N2O. The van der Waals surface area contributed by atoms with Crippen molar-refractivity contribution < 1.29 is 4.74 Å². The fraction of sp³-hybridized carbons (Fsp3) is 0.500. The first-order valence-corrected chi connectivity index (χ1v) is 4.61. The van der Waals surface area contributed by atoms with Gasteiger partial charge in [0.1, 0.15) is 0 Å². The predicted molar refractivity (Wildman–Crippen MR) is 52.4 cm³/mol. The zero-order valence-electron chi connectivity index (χ0n) is 7.99. The average molecular weight is 180 g/mol. The molecule has 0 aliphatic rings. The van der Waals surface area contributed by atoms with Gasteiger partial charge in [0.15, 0.2) is 0 Å². The number of hydrogen-bond donors (Lipinski definition) is 1. The first-order chi connectivity index (χ1) is 6.43. The molecule has 72 valence electrons. The van der Waals surface area contributed by atoms with E-state index in [1.54, 1.807) is 12.4 Å². The molecule has 0 saturated heterocycles. The van der Waals surface area contributed by atoms with Crippen LogP contribution in [0.2, 0.25) is 0 Å². The maximum Gasteiger partial charge on any atom is 0.0718 e. The molecule has 0 unspecified atom stereocenters. The summed E-state index contributed by atoms with van der Waals surface area (Å²) in [5.74, 6) is 0. The van der Waals surface area contributed by atoms with Crippen molar-refractivity contribution in [3.63, 3.8) is 0 Å². The molecule has 1 N–H and O–H groups in total. The Hall–Kier alpha value is -0.930. The van der Waals surface area contributed by atoms with Crippen LogP contribution >= 0.6 is 0 Å². The van der Waals surface area contributed by atoms with Crippen molar-refractivity contribution in [2.75, 3.05) is 19.7 Å². The van der Waals surface area contributed by atoms with E-state index in [-0.39, 0.29) is 0 Å². The summed E-state index contributed by atoms with van der Waals surface area (Å²) in [7, 11) is 0. The summed E-state index contributed by atoms with van der Waals surface area (Å²) in [4.78, 5) is 3.94. The van der Waals surface area contributed by atoms with Gasteiger partial charge in [0.05, 0.1) is 13.2 Å². The SMILES string of the molecule is CCNCCOCc1ccncc1. The van der Waals surface area contributed by atoms with Gasteiger partial charge < -0.3 is 10.1 Å². The second-order valence-electron chi connectivity index (χ2n) is 2.76. The molecule has 0 radical (unpaired) electrons. The lowest BCUT2D eigenvalue weighted by atomic mass is 10.3. The van der Waals surface area contributed by atoms with Crippen LogP contribution in [0.15, 0.2) is 24.5 Å². The van der Waals surface area contributed by atoms with Crippen LogP contribution in [0.4, 0.5) is 0 Å². The first-order valence-electron chi connectivity index (χ1n) is 4.61. The maximum absolute atomic E-state index is 5.43. The third kappa shape index (κ3) is 4.60. The third-order valence-corrected chi connectivity index (χ3v) is 1.69. The second-order valence-corrected chi connectivity index (χ2v) is 2.76. The van der Waals surface area contributed by atoms with Crippen LogP contribution in [0.25, 0.3) is 0 Å². The normalized spacial score (nSPS) is 10.2. The van der Waals surface area contributed by atoms with E-state index in [9.17, 15) is 0 Å². The van der Waals surface area contributed by atoms with E-state index < -0.39 is 0 Å². The lowest BCUT2D eigenvalue weighted by Crippen LogP contribution is -2.18. The summed E-state index contributed by atoms with van der Waals surface area (Å²) in [5, 5.41) is 3.20. The Balaban J connectivity index is 2.07. The van der Waals surface area contributed by atoms with Crippen LogP contribution in [0.1, 0.15) is 12.5 Å². The summed E-state index contributed by atoms with van der Waals surface area (Å²) in [6.07, 6.45) is 3.56. The number of rotatable bonds is 6. The monoisotopic (exact) mass is 180 g/mol. The quantitative estimate of drug-likeness (QED) is 0.668. The molecule has 0 aromatic carbocycles. The average Bonchev–Trinajstić information content (AvgIpc) is 2.19. The van der Waals surface area contributed by atoms with Gasteiger partial charge in [-0.1, -0.05) is 6.92 Å². The van der Waals surface area contributed by atoms with E-state index in [1.807, 2.05) is 12.1 Å². The van der Waals surface area contributed by atoms with Gasteiger partial charge in [0.25, 0.3) is 0 Å². The molecule has 0 atom stereocenters. The second kappa shape index (κ2) is 6.57. The maximum atomic E-state index is 5.43. The molecule has 0 saturated carbocycles. The largest absolute Gasteiger partial charge is 0.375 e. The van der Waals surface area contributed by atoms with Crippen molar-refractivity contribution in [3.8, 4) is 0 Å². The highest BCUT2D eigenvalue weighted by Gasteiger charge is 1.90. The molecule has 0 aliphatic heterocycles. The van der Waals surface area contributed by atoms with Crippen LogP contribution in [0.5, 0.6) is 0 Å². The first kappa shape index (κ1) is 10.2. The molecule has 0 amide bonds. The van der Waals surface area contributed by atoms with Gasteiger partial charge in [-0.3, -0.25) is 4.98 Å². The van der Waals surface area contributed by atoms with Crippen molar-refractivity contribution in [1.82, 2.24) is 10.3 Å². The van der Waals surface area contributed by atoms with Crippen molar-refractivity contribution in [1.29, 1.82) is 0 Å². The van der Waals surface area contributed by atoms with Crippen molar-refractivity contribution in [2.45, 2.75) is 13.5 Å². The number of ether oxygens (including phenoxy) is 1. The fourth-order valence-corrected chi connectivity index (χ4v) is 0.990. The zero-order chi connectivity index (χ0) is 9.36. The molecule has 0 fully saturated rings. The molecule has 1 rings (SSSR count). The molecule has 3 nitrogen and oxygen atoms in total. The molecular weight excluding hydrogens is 164 g/mol. The topological polar surface area (TPSA) is 34.1 Å². The Bertz CT molecular complexity index is 213. The number of pyridine rings is 1. The number of nitrogens with zero attached hydrogens (tertiary/aromatic N) is 1. The van der Waals surface area contributed by atoms with Crippen LogP contribution in [-0.4, -0.2) is 24.7 Å². The van der Waals surface area contributed by atoms with Crippen LogP contribution in [0, 0.1) is 0 Å². The van der Waals surface area contributed by atoms with Gasteiger partial charge in [-0.05, 0) is 24.2 Å². The minimum absolute atomic E-state index is 0.675. The smallest absolute Gasteiger partial charge is 0.0718 e. The highest BCUT2D eigenvalue weighted by atomic mass is 16.5. The van der Waals surface area contributed by atoms with E-state index in [0.29, 0.717) is 6.61 Å². The molecule has 13 heavy (non-hydrogen) atoms. The lowest BCUT2D eigenvalue weighted by molar-refractivity contribution is 0.123. The van der Waals surface area contributed by atoms with Crippen molar-refractivity contribution in [3.05, 3.63) is 30.1 Å². The van der Waals surface area contributed by atoms with Crippen LogP contribution in [-0.2, 0) is 11.3 Å². The van der Waals surface area contributed by atoms with Crippen LogP contribution < -0.4 is 5.32 Å². The number of likely N-dealkylation sites (N-methyl/N-ethyl adjacent to an activating group) is 1. The molecule has 1 aromatic heterocycles. The van der Waals surface area contributed by atoms with Gasteiger partial charge in [-0.2, -0.15) is 0 Å². The highest BCUT2D eigenvalue weighted by molar-refractivity contribution is 5.07. The molecule has 0 spiro atoms. The Labute approximate surface area is 79.1 Å². The summed E-state index contributed by atoms with van der Waals surface area (Å²) in [6, 6.07) is 3.93. The van der Waals surface area contributed by atoms with Gasteiger partial charge >= 0.3 is 0 Å². The van der Waals surface area contributed by atoms with Crippen molar-refractivity contribution >= 4 is 0 Å². The lowest BCUT2D eigenvalue weighted by Gasteiger charge is -2.03. The Kier molecular flexibility index (Phi) is 5.13. The minimum atomic E-state index is 0.675. The minimum Gasteiger partial charge on any atom is -0.375 e. The molecule has 0 aliphatic carbocycles. The number of hydrogen-bond acceptors (Lipinski definition) is 3. The summed E-state index contributed by atoms with van der Waals surface area (Å²) >= 11 is 0. The summed E-state index contributed by atoms with van der Waals surface area (Å²) < 4.78 is 5.43. The van der Waals surface area contributed by atoms with E-state index in [2.05, 4.69) is 17.2 Å². The number of aromatic nitrogens is 1. The number of nitrogens with one attached hydrogen (secondary N) is 1. The molecule has 1 aromatic rings. The Morgan fingerprint density at radius 3 is 2.85 bits per heavy atom. The Morgan fingerprint density at radius 2 is 2.15 bits per heavy atom. The van der Waals surface area contributed by atoms with Crippen molar-refractivity contribution in [2.24, 2.45) is 0 Å². The molecule has 0 bridgehead atoms. The Morgan fingerprint density at radius 1 is 1.38 bits per heavy atom. The van der Waals surface area contributed by atoms with E-state index in [0.717, 1.165) is 19.7 Å². The van der Waals surface area contributed by atoms with Gasteiger partial charge in [0.2, 0.25) is 0 Å². The van der Waals surface area contributed by atoms with Crippen LogP contribution in [0.3, 0.4) is 0 Å².